The largest absolute Gasteiger partial charge is 0.235 e. The second-order valence-corrected chi connectivity index (χ2v) is 5.31. The van der Waals surface area contributed by atoms with Crippen LogP contribution < -0.4 is 0 Å². The third kappa shape index (κ3) is 1.85. The lowest BCUT2D eigenvalue weighted by molar-refractivity contribution is 0.886. The average molecular weight is 240 g/mol. The highest BCUT2D eigenvalue weighted by Crippen LogP contribution is 2.34. The molecule has 0 saturated heterocycles. The zero-order chi connectivity index (χ0) is 11.7. The molecule has 0 atom stereocenters. The molecular weight excluding hydrogens is 228 g/mol. The fraction of sp³-hybridized carbons (Fsp3) is 0.286. The van der Waals surface area contributed by atoms with Crippen molar-refractivity contribution >= 4 is 27.1 Å². The maximum absolute atomic E-state index is 9.32. The average Bonchev–Trinajstić information content (AvgIpc) is 2.98. The van der Waals surface area contributed by atoms with Gasteiger partial charge < -0.3 is 0 Å². The molecule has 3 rings (SSSR count). The van der Waals surface area contributed by atoms with Gasteiger partial charge in [-0.2, -0.15) is 5.26 Å². The third-order valence-corrected chi connectivity index (χ3v) is 4.23. The van der Waals surface area contributed by atoms with Gasteiger partial charge in [-0.3, -0.25) is 0 Å². The van der Waals surface area contributed by atoms with Crippen molar-refractivity contribution in [1.29, 1.82) is 5.26 Å². The highest BCUT2D eigenvalue weighted by atomic mass is 32.1. The molecule has 1 fully saturated rings. The molecule has 0 aliphatic heterocycles. The number of hydrogen-bond acceptors (Lipinski definition) is 3. The van der Waals surface area contributed by atoms with Crippen LogP contribution in [0.2, 0.25) is 0 Å². The summed E-state index contributed by atoms with van der Waals surface area (Å²) in [6.45, 7) is 0. The number of allylic oxidation sites excluding steroid dienone is 2. The van der Waals surface area contributed by atoms with Gasteiger partial charge in [-0.15, -0.1) is 11.3 Å². The number of nitriles is 1. The van der Waals surface area contributed by atoms with Crippen molar-refractivity contribution < 1.29 is 0 Å². The van der Waals surface area contributed by atoms with Crippen molar-refractivity contribution in [3.05, 3.63) is 34.8 Å². The SMILES string of the molecule is N#CC(=C1CCCC1)c1nc2ccccc2s1. The monoisotopic (exact) mass is 240 g/mol. The first-order valence-electron chi connectivity index (χ1n) is 5.86. The van der Waals surface area contributed by atoms with Crippen molar-refractivity contribution in [1.82, 2.24) is 4.98 Å². The van der Waals surface area contributed by atoms with Crippen molar-refractivity contribution in [2.45, 2.75) is 25.7 Å². The number of thiazole rings is 1. The Labute approximate surface area is 104 Å². The van der Waals surface area contributed by atoms with Crippen LogP contribution in [0.5, 0.6) is 0 Å². The van der Waals surface area contributed by atoms with Crippen LogP contribution in [0.3, 0.4) is 0 Å². The first-order chi connectivity index (χ1) is 8.38. The van der Waals surface area contributed by atoms with Crippen molar-refractivity contribution in [3.63, 3.8) is 0 Å². The predicted molar refractivity (Wildman–Crippen MR) is 70.6 cm³/mol. The summed E-state index contributed by atoms with van der Waals surface area (Å²) in [4.78, 5) is 4.57. The molecule has 3 heteroatoms. The van der Waals surface area contributed by atoms with E-state index in [4.69, 9.17) is 0 Å². The smallest absolute Gasteiger partial charge is 0.135 e. The minimum Gasteiger partial charge on any atom is -0.235 e. The van der Waals surface area contributed by atoms with Gasteiger partial charge in [-0.25, -0.2) is 4.98 Å². The maximum atomic E-state index is 9.32. The topological polar surface area (TPSA) is 36.7 Å². The Morgan fingerprint density at radius 1 is 1.24 bits per heavy atom. The van der Waals surface area contributed by atoms with Gasteiger partial charge in [0, 0.05) is 0 Å². The summed E-state index contributed by atoms with van der Waals surface area (Å²) in [5.41, 5.74) is 3.12. The molecule has 0 bridgehead atoms. The molecule has 1 heterocycles. The van der Waals surface area contributed by atoms with E-state index in [0.717, 1.165) is 33.6 Å². The highest BCUT2D eigenvalue weighted by molar-refractivity contribution is 7.19. The molecule has 0 spiro atoms. The van der Waals surface area contributed by atoms with E-state index in [1.807, 2.05) is 18.2 Å². The lowest BCUT2D eigenvalue weighted by atomic mass is 10.1. The number of aromatic nitrogens is 1. The molecule has 84 valence electrons. The zero-order valence-corrected chi connectivity index (χ0v) is 10.3. The molecule has 1 aliphatic carbocycles. The second kappa shape index (κ2) is 4.31. The minimum atomic E-state index is 0.823. The Hall–Kier alpha value is -1.66. The van der Waals surface area contributed by atoms with Crippen LogP contribution >= 0.6 is 11.3 Å². The van der Waals surface area contributed by atoms with Crippen LogP contribution in [-0.2, 0) is 0 Å². The molecule has 2 nitrogen and oxygen atoms in total. The number of benzene rings is 1. The van der Waals surface area contributed by atoms with Crippen LogP contribution in [0.15, 0.2) is 29.8 Å². The number of para-hydroxylation sites is 1. The molecule has 0 amide bonds. The number of hydrogen-bond donors (Lipinski definition) is 0. The van der Waals surface area contributed by atoms with E-state index in [0.29, 0.717) is 0 Å². The third-order valence-electron chi connectivity index (χ3n) is 3.18. The lowest BCUT2D eigenvalue weighted by Gasteiger charge is -1.98. The Kier molecular flexibility index (Phi) is 2.66. The van der Waals surface area contributed by atoms with Gasteiger partial charge in [0.05, 0.1) is 15.8 Å². The van der Waals surface area contributed by atoms with E-state index in [1.54, 1.807) is 11.3 Å². The standard InChI is InChI=1S/C14H12N2S/c15-9-11(10-5-1-2-6-10)14-16-12-7-3-4-8-13(12)17-14/h3-4,7-8H,1-2,5-6H2. The van der Waals surface area contributed by atoms with E-state index < -0.39 is 0 Å². The molecule has 1 aromatic heterocycles. The van der Waals surface area contributed by atoms with E-state index in [1.165, 1.54) is 18.4 Å². The number of fused-ring (bicyclic) bond motifs is 1. The summed E-state index contributed by atoms with van der Waals surface area (Å²) >= 11 is 1.63. The molecule has 1 aromatic carbocycles. The van der Waals surface area contributed by atoms with Crippen LogP contribution in [0.4, 0.5) is 0 Å². The van der Waals surface area contributed by atoms with Gasteiger partial charge in [0.1, 0.15) is 11.1 Å². The van der Waals surface area contributed by atoms with Crippen molar-refractivity contribution in [3.8, 4) is 6.07 Å². The lowest BCUT2D eigenvalue weighted by Crippen LogP contribution is -1.85. The highest BCUT2D eigenvalue weighted by Gasteiger charge is 2.16. The van der Waals surface area contributed by atoms with Crippen LogP contribution in [0.1, 0.15) is 30.7 Å². The van der Waals surface area contributed by atoms with Gasteiger partial charge >= 0.3 is 0 Å². The quantitative estimate of drug-likeness (QED) is 0.702. The molecule has 17 heavy (non-hydrogen) atoms. The fourth-order valence-corrected chi connectivity index (χ4v) is 3.32. The summed E-state index contributed by atoms with van der Waals surface area (Å²) in [6.07, 6.45) is 4.56. The Morgan fingerprint density at radius 3 is 2.71 bits per heavy atom. The molecule has 2 aromatic rings. The first kappa shape index (κ1) is 10.5. The Morgan fingerprint density at radius 2 is 2.00 bits per heavy atom. The molecule has 0 N–H and O–H groups in total. The second-order valence-electron chi connectivity index (χ2n) is 4.28. The molecule has 0 radical (unpaired) electrons. The number of rotatable bonds is 1. The van der Waals surface area contributed by atoms with Crippen molar-refractivity contribution in [2.24, 2.45) is 0 Å². The van der Waals surface area contributed by atoms with Gasteiger partial charge in [-0.05, 0) is 43.4 Å². The Balaban J connectivity index is 2.14. The molecule has 1 saturated carbocycles. The predicted octanol–water partition coefficient (Wildman–Crippen LogP) is 4.15. The van der Waals surface area contributed by atoms with Gasteiger partial charge in [0.25, 0.3) is 0 Å². The number of nitrogens with zero attached hydrogens (tertiary/aromatic N) is 2. The maximum Gasteiger partial charge on any atom is 0.135 e. The van der Waals surface area contributed by atoms with Gasteiger partial charge in [0.15, 0.2) is 0 Å². The van der Waals surface area contributed by atoms with Crippen molar-refractivity contribution in [2.75, 3.05) is 0 Å². The van der Waals surface area contributed by atoms with E-state index in [2.05, 4.69) is 17.1 Å². The molecular formula is C14H12N2S. The molecule has 0 unspecified atom stereocenters. The summed E-state index contributed by atoms with van der Waals surface area (Å²) in [6, 6.07) is 10.4. The normalized spacial score (nSPS) is 15.1. The van der Waals surface area contributed by atoms with Crippen LogP contribution in [0.25, 0.3) is 15.8 Å². The Bertz CT molecular complexity index is 590. The minimum absolute atomic E-state index is 0.823. The van der Waals surface area contributed by atoms with Gasteiger partial charge in [-0.1, -0.05) is 12.1 Å². The first-order valence-corrected chi connectivity index (χ1v) is 6.68. The summed E-state index contributed by atoms with van der Waals surface area (Å²) < 4.78 is 1.16. The van der Waals surface area contributed by atoms with Crippen LogP contribution in [-0.4, -0.2) is 4.98 Å². The van der Waals surface area contributed by atoms with E-state index in [9.17, 15) is 5.26 Å². The fourth-order valence-electron chi connectivity index (χ4n) is 2.31. The summed E-state index contributed by atoms with van der Waals surface area (Å²) in [7, 11) is 0. The summed E-state index contributed by atoms with van der Waals surface area (Å²) in [5.74, 6) is 0. The van der Waals surface area contributed by atoms with E-state index >= 15 is 0 Å². The van der Waals surface area contributed by atoms with Gasteiger partial charge in [0.2, 0.25) is 0 Å². The van der Waals surface area contributed by atoms with Crippen LogP contribution in [0, 0.1) is 11.3 Å². The van der Waals surface area contributed by atoms with E-state index in [-0.39, 0.29) is 0 Å². The summed E-state index contributed by atoms with van der Waals surface area (Å²) in [5, 5.41) is 10.2. The molecule has 1 aliphatic rings. The zero-order valence-electron chi connectivity index (χ0n) is 9.44.